The summed E-state index contributed by atoms with van der Waals surface area (Å²) < 4.78 is 17.6. The molecule has 1 rings (SSSR count). The maximum Gasteiger partial charge on any atom is 0.340 e. The molecule has 1 radical (unpaired) electrons. The van der Waals surface area contributed by atoms with Crippen LogP contribution in [0.3, 0.4) is 0 Å². The maximum absolute atomic E-state index is 13.2. The smallest absolute Gasteiger partial charge is 0.340 e. The number of aliphatic hydroxyl groups is 1. The van der Waals surface area contributed by atoms with Gasteiger partial charge in [0.2, 0.25) is 0 Å². The Kier molecular flexibility index (Phi) is 2.97. The first kappa shape index (κ1) is 9.67. The molecular formula is C9H8FO3. The average molecular weight is 183 g/mol. The highest BCUT2D eigenvalue weighted by Gasteiger charge is 2.14. The van der Waals surface area contributed by atoms with Crippen molar-refractivity contribution in [2.24, 2.45) is 0 Å². The second-order valence-corrected chi connectivity index (χ2v) is 2.33. The summed E-state index contributed by atoms with van der Waals surface area (Å²) in [5.41, 5.74) is -0.229. The second-order valence-electron chi connectivity index (χ2n) is 2.33. The first-order valence-corrected chi connectivity index (χ1v) is 3.55. The standard InChI is InChI=1S/C9H8FO3/c1-13-9(12)7-4-2-3-6(5-11)8(7)10/h2-5,11H,1H3. The quantitative estimate of drug-likeness (QED) is 0.706. The van der Waals surface area contributed by atoms with Crippen molar-refractivity contribution >= 4 is 5.97 Å². The fourth-order valence-electron chi connectivity index (χ4n) is 0.917. The molecule has 13 heavy (non-hydrogen) atoms. The van der Waals surface area contributed by atoms with E-state index in [2.05, 4.69) is 4.74 Å². The van der Waals surface area contributed by atoms with Crippen LogP contribution in [0, 0.1) is 12.4 Å². The number of ether oxygens (including phenoxy) is 1. The summed E-state index contributed by atoms with van der Waals surface area (Å²) in [7, 11) is 1.16. The van der Waals surface area contributed by atoms with Crippen molar-refractivity contribution < 1.29 is 19.0 Å². The second kappa shape index (κ2) is 4.00. The zero-order valence-electron chi connectivity index (χ0n) is 6.95. The third-order valence-corrected chi connectivity index (χ3v) is 1.57. The van der Waals surface area contributed by atoms with Gasteiger partial charge in [0.1, 0.15) is 12.4 Å². The van der Waals surface area contributed by atoms with Crippen molar-refractivity contribution in [3.05, 3.63) is 41.8 Å². The zero-order chi connectivity index (χ0) is 9.84. The van der Waals surface area contributed by atoms with E-state index < -0.39 is 11.8 Å². The minimum absolute atomic E-state index is 0.0390. The predicted octanol–water partition coefficient (Wildman–Crippen LogP) is 1.49. The Bertz CT molecular complexity index is 323. The number of methoxy groups -OCH3 is 1. The minimum atomic E-state index is -0.781. The lowest BCUT2D eigenvalue weighted by molar-refractivity contribution is 0.0595. The van der Waals surface area contributed by atoms with E-state index in [9.17, 15) is 9.18 Å². The topological polar surface area (TPSA) is 46.5 Å². The van der Waals surface area contributed by atoms with Gasteiger partial charge in [-0.1, -0.05) is 12.1 Å². The third-order valence-electron chi connectivity index (χ3n) is 1.57. The van der Waals surface area contributed by atoms with Crippen LogP contribution in [0.15, 0.2) is 18.2 Å². The van der Waals surface area contributed by atoms with Crippen molar-refractivity contribution in [1.82, 2.24) is 0 Å². The van der Waals surface area contributed by atoms with Crippen molar-refractivity contribution in [3.63, 3.8) is 0 Å². The molecule has 0 aromatic heterocycles. The van der Waals surface area contributed by atoms with Crippen LogP contribution in [0.2, 0.25) is 0 Å². The van der Waals surface area contributed by atoms with Crippen LogP contribution < -0.4 is 0 Å². The normalized spacial score (nSPS) is 9.77. The first-order valence-electron chi connectivity index (χ1n) is 3.55. The van der Waals surface area contributed by atoms with Gasteiger partial charge < -0.3 is 9.84 Å². The lowest BCUT2D eigenvalue weighted by Gasteiger charge is -2.03. The largest absolute Gasteiger partial charge is 0.465 e. The van der Waals surface area contributed by atoms with E-state index in [1.165, 1.54) is 18.2 Å². The average Bonchev–Trinajstić information content (AvgIpc) is 2.17. The number of halogens is 1. The van der Waals surface area contributed by atoms with E-state index in [1.807, 2.05) is 0 Å². The molecule has 0 spiro atoms. The van der Waals surface area contributed by atoms with E-state index >= 15 is 0 Å². The molecule has 0 aliphatic carbocycles. The molecule has 69 valence electrons. The minimum Gasteiger partial charge on any atom is -0.465 e. The van der Waals surface area contributed by atoms with Gasteiger partial charge in [-0.05, 0) is 6.07 Å². The molecule has 1 aromatic carbocycles. The van der Waals surface area contributed by atoms with Gasteiger partial charge in [-0.3, -0.25) is 0 Å². The Morgan fingerprint density at radius 2 is 2.31 bits per heavy atom. The molecule has 0 saturated heterocycles. The van der Waals surface area contributed by atoms with Crippen molar-refractivity contribution in [3.8, 4) is 0 Å². The van der Waals surface area contributed by atoms with Crippen molar-refractivity contribution in [1.29, 1.82) is 0 Å². The zero-order valence-corrected chi connectivity index (χ0v) is 6.95. The van der Waals surface area contributed by atoms with Gasteiger partial charge in [-0.2, -0.15) is 0 Å². The first-order chi connectivity index (χ1) is 6.20. The van der Waals surface area contributed by atoms with E-state index in [-0.39, 0.29) is 11.1 Å². The van der Waals surface area contributed by atoms with Crippen LogP contribution in [0.1, 0.15) is 15.9 Å². The highest BCUT2D eigenvalue weighted by Crippen LogP contribution is 2.14. The summed E-state index contributed by atoms with van der Waals surface area (Å²) in [5.74, 6) is -1.54. The molecule has 4 heteroatoms. The van der Waals surface area contributed by atoms with E-state index in [0.29, 0.717) is 6.61 Å². The number of carbonyl (C=O) groups is 1. The number of hydrogen-bond acceptors (Lipinski definition) is 3. The Hall–Kier alpha value is -1.42. The van der Waals surface area contributed by atoms with Crippen LogP contribution in [-0.2, 0) is 4.74 Å². The SMILES string of the molecule is COC(=O)c1cccc([CH]O)c1F. The van der Waals surface area contributed by atoms with Crippen LogP contribution in [0.25, 0.3) is 0 Å². The summed E-state index contributed by atoms with van der Waals surface area (Å²) in [5, 5.41) is 8.58. The summed E-state index contributed by atoms with van der Waals surface area (Å²) >= 11 is 0. The summed E-state index contributed by atoms with van der Waals surface area (Å²) in [6, 6.07) is 4.09. The lowest BCUT2D eigenvalue weighted by Crippen LogP contribution is -2.06. The molecule has 1 aromatic rings. The van der Waals surface area contributed by atoms with Crippen LogP contribution in [0.5, 0.6) is 0 Å². The highest BCUT2D eigenvalue weighted by atomic mass is 19.1. The maximum atomic E-state index is 13.2. The summed E-state index contributed by atoms with van der Waals surface area (Å²) in [6.45, 7) is 0.599. The summed E-state index contributed by atoms with van der Waals surface area (Å²) in [4.78, 5) is 10.9. The molecule has 0 aliphatic heterocycles. The number of hydrogen-bond donors (Lipinski definition) is 1. The van der Waals surface area contributed by atoms with Gasteiger partial charge in [-0.15, -0.1) is 0 Å². The predicted molar refractivity (Wildman–Crippen MR) is 43.1 cm³/mol. The molecule has 3 nitrogen and oxygen atoms in total. The van der Waals surface area contributed by atoms with Gasteiger partial charge in [0.25, 0.3) is 0 Å². The molecular weight excluding hydrogens is 175 g/mol. The molecule has 0 aliphatic rings. The van der Waals surface area contributed by atoms with Gasteiger partial charge in [0.15, 0.2) is 0 Å². The molecule has 0 bridgehead atoms. The molecule has 0 heterocycles. The molecule has 0 unspecified atom stereocenters. The van der Waals surface area contributed by atoms with Gasteiger partial charge >= 0.3 is 5.97 Å². The number of aliphatic hydroxyl groups excluding tert-OH is 1. The van der Waals surface area contributed by atoms with Crippen LogP contribution >= 0.6 is 0 Å². The van der Waals surface area contributed by atoms with Gasteiger partial charge in [-0.25, -0.2) is 9.18 Å². The third kappa shape index (κ3) is 1.84. The van der Waals surface area contributed by atoms with Crippen molar-refractivity contribution in [2.45, 2.75) is 0 Å². The van der Waals surface area contributed by atoms with Crippen LogP contribution in [-0.4, -0.2) is 18.2 Å². The molecule has 0 saturated carbocycles. The Morgan fingerprint density at radius 3 is 2.85 bits per heavy atom. The van der Waals surface area contributed by atoms with Gasteiger partial charge in [0, 0.05) is 5.56 Å². The monoisotopic (exact) mass is 183 g/mol. The number of carbonyl (C=O) groups excluding carboxylic acids is 1. The number of rotatable bonds is 2. The van der Waals surface area contributed by atoms with Crippen molar-refractivity contribution in [2.75, 3.05) is 7.11 Å². The number of benzene rings is 1. The molecule has 1 N–H and O–H groups in total. The van der Waals surface area contributed by atoms with E-state index in [4.69, 9.17) is 5.11 Å². The fraction of sp³-hybridized carbons (Fsp3) is 0.111. The Morgan fingerprint density at radius 1 is 1.62 bits per heavy atom. The lowest BCUT2D eigenvalue weighted by atomic mass is 10.1. The fourth-order valence-corrected chi connectivity index (χ4v) is 0.917. The number of esters is 1. The Balaban J connectivity index is 3.15. The molecule has 0 amide bonds. The molecule has 0 atom stereocenters. The van der Waals surface area contributed by atoms with E-state index in [1.54, 1.807) is 0 Å². The summed E-state index contributed by atoms with van der Waals surface area (Å²) in [6.07, 6.45) is 0. The highest BCUT2D eigenvalue weighted by molar-refractivity contribution is 5.89. The Labute approximate surface area is 74.8 Å². The van der Waals surface area contributed by atoms with Gasteiger partial charge in [0.05, 0.1) is 12.7 Å². The van der Waals surface area contributed by atoms with Crippen LogP contribution in [0.4, 0.5) is 4.39 Å². The molecule has 0 fully saturated rings. The van der Waals surface area contributed by atoms with E-state index in [0.717, 1.165) is 7.11 Å².